The summed E-state index contributed by atoms with van der Waals surface area (Å²) in [6.45, 7) is 6.32. The van der Waals surface area contributed by atoms with E-state index in [0.717, 1.165) is 17.9 Å². The monoisotopic (exact) mass is 388 g/mol. The SMILES string of the molecule is CCN(c1cccc(C)c1)c1ccnc(C(=O)Nc2cccc(NC(C)=O)c2)c1. The van der Waals surface area contributed by atoms with Crippen LogP contribution in [0.4, 0.5) is 22.7 Å². The summed E-state index contributed by atoms with van der Waals surface area (Å²) in [7, 11) is 0. The third kappa shape index (κ3) is 5.19. The van der Waals surface area contributed by atoms with Crippen molar-refractivity contribution in [3.8, 4) is 0 Å². The highest BCUT2D eigenvalue weighted by atomic mass is 16.2. The van der Waals surface area contributed by atoms with Gasteiger partial charge in [0.2, 0.25) is 5.91 Å². The van der Waals surface area contributed by atoms with Crippen LogP contribution in [0.3, 0.4) is 0 Å². The largest absolute Gasteiger partial charge is 0.342 e. The van der Waals surface area contributed by atoms with Gasteiger partial charge in [-0.25, -0.2) is 0 Å². The van der Waals surface area contributed by atoms with Crippen molar-refractivity contribution in [1.29, 1.82) is 0 Å². The number of hydrogen-bond donors (Lipinski definition) is 2. The number of rotatable bonds is 6. The number of nitrogens with zero attached hydrogens (tertiary/aromatic N) is 2. The zero-order chi connectivity index (χ0) is 20.8. The Kier molecular flexibility index (Phi) is 6.24. The molecule has 0 aliphatic heterocycles. The lowest BCUT2D eigenvalue weighted by molar-refractivity contribution is -0.114. The fourth-order valence-electron chi connectivity index (χ4n) is 3.09. The van der Waals surface area contributed by atoms with Crippen LogP contribution in [0.1, 0.15) is 29.9 Å². The molecule has 0 spiro atoms. The molecule has 0 saturated carbocycles. The number of amides is 2. The lowest BCUT2D eigenvalue weighted by Gasteiger charge is -2.24. The number of carbonyl (C=O) groups excluding carboxylic acids is 2. The molecule has 3 aromatic rings. The van der Waals surface area contributed by atoms with E-state index in [0.29, 0.717) is 17.1 Å². The number of pyridine rings is 1. The average molecular weight is 388 g/mol. The molecule has 3 rings (SSSR count). The van der Waals surface area contributed by atoms with Gasteiger partial charge in [-0.15, -0.1) is 0 Å². The molecule has 0 unspecified atom stereocenters. The van der Waals surface area contributed by atoms with E-state index in [2.05, 4.69) is 46.5 Å². The second-order valence-corrected chi connectivity index (χ2v) is 6.70. The van der Waals surface area contributed by atoms with Gasteiger partial charge in [0.25, 0.3) is 5.91 Å². The van der Waals surface area contributed by atoms with Gasteiger partial charge in [0, 0.05) is 42.4 Å². The molecule has 0 radical (unpaired) electrons. The fourth-order valence-corrected chi connectivity index (χ4v) is 3.09. The van der Waals surface area contributed by atoms with Gasteiger partial charge in [-0.1, -0.05) is 18.2 Å². The van der Waals surface area contributed by atoms with Gasteiger partial charge >= 0.3 is 0 Å². The van der Waals surface area contributed by atoms with Crippen LogP contribution in [0.15, 0.2) is 66.9 Å². The molecule has 6 heteroatoms. The maximum absolute atomic E-state index is 12.7. The first kappa shape index (κ1) is 20.1. The molecule has 0 fully saturated rings. The summed E-state index contributed by atoms with van der Waals surface area (Å²) < 4.78 is 0. The summed E-state index contributed by atoms with van der Waals surface area (Å²) in [5.74, 6) is -0.481. The van der Waals surface area contributed by atoms with Crippen molar-refractivity contribution in [3.63, 3.8) is 0 Å². The minimum Gasteiger partial charge on any atom is -0.342 e. The molecule has 0 bridgehead atoms. The van der Waals surface area contributed by atoms with E-state index in [-0.39, 0.29) is 11.8 Å². The summed E-state index contributed by atoms with van der Waals surface area (Å²) in [5, 5.41) is 5.53. The average Bonchev–Trinajstić information content (AvgIpc) is 2.69. The lowest BCUT2D eigenvalue weighted by Crippen LogP contribution is -2.18. The highest BCUT2D eigenvalue weighted by molar-refractivity contribution is 6.04. The molecule has 1 heterocycles. The minimum atomic E-state index is -0.313. The van der Waals surface area contributed by atoms with Gasteiger partial charge in [0.1, 0.15) is 5.69 Å². The van der Waals surface area contributed by atoms with Crippen molar-refractivity contribution in [3.05, 3.63) is 78.1 Å². The van der Waals surface area contributed by atoms with Crippen molar-refractivity contribution in [2.24, 2.45) is 0 Å². The summed E-state index contributed by atoms with van der Waals surface area (Å²) in [6, 6.07) is 18.9. The molecular weight excluding hydrogens is 364 g/mol. The number of aryl methyl sites for hydroxylation is 1. The molecule has 1 aromatic heterocycles. The lowest BCUT2D eigenvalue weighted by atomic mass is 10.2. The predicted octanol–water partition coefficient (Wildman–Crippen LogP) is 4.76. The number of benzene rings is 2. The van der Waals surface area contributed by atoms with Crippen LogP contribution in [0.5, 0.6) is 0 Å². The Morgan fingerprint density at radius 3 is 2.31 bits per heavy atom. The maximum atomic E-state index is 12.7. The Morgan fingerprint density at radius 1 is 0.931 bits per heavy atom. The van der Waals surface area contributed by atoms with Gasteiger partial charge in [-0.3, -0.25) is 14.6 Å². The molecule has 148 valence electrons. The van der Waals surface area contributed by atoms with Crippen LogP contribution in [0.2, 0.25) is 0 Å². The van der Waals surface area contributed by atoms with Gasteiger partial charge in [0.05, 0.1) is 0 Å². The van der Waals surface area contributed by atoms with Crippen molar-refractivity contribution >= 4 is 34.6 Å². The molecule has 0 saturated heterocycles. The number of carbonyl (C=O) groups is 2. The van der Waals surface area contributed by atoms with E-state index in [4.69, 9.17) is 0 Å². The highest BCUT2D eigenvalue weighted by Crippen LogP contribution is 2.26. The van der Waals surface area contributed by atoms with E-state index in [9.17, 15) is 9.59 Å². The number of anilines is 4. The zero-order valence-electron chi connectivity index (χ0n) is 16.8. The van der Waals surface area contributed by atoms with E-state index in [1.54, 1.807) is 36.5 Å². The first-order valence-electron chi connectivity index (χ1n) is 9.45. The second-order valence-electron chi connectivity index (χ2n) is 6.70. The van der Waals surface area contributed by atoms with Crippen LogP contribution in [0.25, 0.3) is 0 Å². The topological polar surface area (TPSA) is 74.3 Å². The van der Waals surface area contributed by atoms with Gasteiger partial charge in [-0.2, -0.15) is 0 Å². The van der Waals surface area contributed by atoms with Crippen LogP contribution in [0, 0.1) is 6.92 Å². The summed E-state index contributed by atoms with van der Waals surface area (Å²) in [6.07, 6.45) is 1.64. The first-order chi connectivity index (χ1) is 14.0. The Bertz CT molecular complexity index is 1030. The smallest absolute Gasteiger partial charge is 0.274 e. The zero-order valence-corrected chi connectivity index (χ0v) is 16.8. The van der Waals surface area contributed by atoms with Crippen LogP contribution < -0.4 is 15.5 Å². The van der Waals surface area contributed by atoms with E-state index < -0.39 is 0 Å². The van der Waals surface area contributed by atoms with Gasteiger partial charge in [-0.05, 0) is 61.9 Å². The van der Waals surface area contributed by atoms with Crippen LogP contribution in [-0.4, -0.2) is 23.3 Å². The second kappa shape index (κ2) is 9.01. The molecule has 0 atom stereocenters. The third-order valence-electron chi connectivity index (χ3n) is 4.36. The van der Waals surface area contributed by atoms with E-state index in [1.807, 2.05) is 18.2 Å². The number of hydrogen-bond acceptors (Lipinski definition) is 4. The fraction of sp³-hybridized carbons (Fsp3) is 0.174. The van der Waals surface area contributed by atoms with Gasteiger partial charge < -0.3 is 15.5 Å². The summed E-state index contributed by atoms with van der Waals surface area (Å²) in [4.78, 5) is 30.3. The van der Waals surface area contributed by atoms with Crippen LogP contribution in [-0.2, 0) is 4.79 Å². The summed E-state index contributed by atoms with van der Waals surface area (Å²) in [5.41, 5.74) is 4.65. The minimum absolute atomic E-state index is 0.168. The Balaban J connectivity index is 1.81. The van der Waals surface area contributed by atoms with E-state index in [1.165, 1.54) is 12.5 Å². The van der Waals surface area contributed by atoms with Crippen molar-refractivity contribution < 1.29 is 9.59 Å². The highest BCUT2D eigenvalue weighted by Gasteiger charge is 2.13. The molecule has 0 aliphatic carbocycles. The van der Waals surface area contributed by atoms with Gasteiger partial charge in [0.15, 0.2) is 0 Å². The molecule has 2 aromatic carbocycles. The quantitative estimate of drug-likeness (QED) is 0.638. The Labute approximate surface area is 170 Å². The third-order valence-corrected chi connectivity index (χ3v) is 4.36. The molecule has 6 nitrogen and oxygen atoms in total. The molecular formula is C23H24N4O2. The van der Waals surface area contributed by atoms with E-state index >= 15 is 0 Å². The molecule has 2 N–H and O–H groups in total. The predicted molar refractivity (Wildman–Crippen MR) is 117 cm³/mol. The standard InChI is InChI=1S/C23H24N4O2/c1-4-27(20-10-5-7-16(2)13-20)21-11-12-24-22(15-21)23(29)26-19-9-6-8-18(14-19)25-17(3)28/h5-15H,4H2,1-3H3,(H,25,28)(H,26,29). The van der Waals surface area contributed by atoms with Crippen molar-refractivity contribution in [2.45, 2.75) is 20.8 Å². The Morgan fingerprint density at radius 2 is 1.62 bits per heavy atom. The van der Waals surface area contributed by atoms with Crippen LogP contribution >= 0.6 is 0 Å². The molecule has 29 heavy (non-hydrogen) atoms. The normalized spacial score (nSPS) is 10.3. The first-order valence-corrected chi connectivity index (χ1v) is 9.45. The molecule has 2 amide bonds. The Hall–Kier alpha value is -3.67. The maximum Gasteiger partial charge on any atom is 0.274 e. The number of aromatic nitrogens is 1. The number of nitrogens with one attached hydrogen (secondary N) is 2. The van der Waals surface area contributed by atoms with Crippen molar-refractivity contribution in [2.75, 3.05) is 22.1 Å². The molecule has 0 aliphatic rings. The van der Waals surface area contributed by atoms with Crippen molar-refractivity contribution in [1.82, 2.24) is 4.98 Å². The summed E-state index contributed by atoms with van der Waals surface area (Å²) >= 11 is 0.